The number of piperidine rings is 1. The van der Waals surface area contributed by atoms with Gasteiger partial charge in [-0.25, -0.2) is 0 Å². The third-order valence-electron chi connectivity index (χ3n) is 4.35. The lowest BCUT2D eigenvalue weighted by Gasteiger charge is -2.22. The monoisotopic (exact) mass is 349 g/mol. The highest BCUT2D eigenvalue weighted by atomic mass is 35.5. The number of carbonyl (C=O) groups excluding carboxylic acids is 1. The largest absolute Gasteiger partial charge is 0.326 e. The summed E-state index contributed by atoms with van der Waals surface area (Å²) in [6.07, 6.45) is 5.57. The molecule has 1 saturated heterocycles. The number of hydrogen-bond acceptors (Lipinski definition) is 4. The molecule has 130 valence electrons. The minimum absolute atomic E-state index is 0. The Morgan fingerprint density at radius 3 is 2.88 bits per heavy atom. The quantitative estimate of drug-likeness (QED) is 0.870. The average molecular weight is 350 g/mol. The zero-order valence-electron chi connectivity index (χ0n) is 13.9. The molecule has 0 spiro atoms. The van der Waals surface area contributed by atoms with Crippen LogP contribution in [-0.2, 0) is 11.8 Å². The highest BCUT2D eigenvalue weighted by molar-refractivity contribution is 5.91. The second kappa shape index (κ2) is 8.80. The molecule has 0 atom stereocenters. The topological polar surface area (TPSA) is 71.8 Å². The van der Waals surface area contributed by atoms with Gasteiger partial charge in [0.25, 0.3) is 0 Å². The SMILES string of the molecule is Cl.Cn1cnnc1-c1cccc(NC(=O)CCC2CCNCC2)c1. The number of amides is 1. The van der Waals surface area contributed by atoms with E-state index in [4.69, 9.17) is 0 Å². The molecule has 0 aliphatic carbocycles. The number of nitrogens with one attached hydrogen (secondary N) is 2. The second-order valence-corrected chi connectivity index (χ2v) is 6.13. The Hall–Kier alpha value is -1.92. The lowest BCUT2D eigenvalue weighted by molar-refractivity contribution is -0.116. The summed E-state index contributed by atoms with van der Waals surface area (Å²) < 4.78 is 1.86. The van der Waals surface area contributed by atoms with Crippen LogP contribution in [0, 0.1) is 5.92 Å². The van der Waals surface area contributed by atoms with Gasteiger partial charge in [0.05, 0.1) is 0 Å². The summed E-state index contributed by atoms with van der Waals surface area (Å²) in [7, 11) is 1.90. The third kappa shape index (κ3) is 4.79. The molecule has 0 unspecified atom stereocenters. The van der Waals surface area contributed by atoms with Crippen LogP contribution < -0.4 is 10.6 Å². The second-order valence-electron chi connectivity index (χ2n) is 6.13. The molecule has 3 rings (SSSR count). The lowest BCUT2D eigenvalue weighted by atomic mass is 9.93. The Morgan fingerprint density at radius 1 is 1.38 bits per heavy atom. The van der Waals surface area contributed by atoms with Gasteiger partial charge in [0, 0.05) is 24.7 Å². The minimum Gasteiger partial charge on any atom is -0.326 e. The molecule has 24 heavy (non-hydrogen) atoms. The van der Waals surface area contributed by atoms with E-state index in [1.807, 2.05) is 35.9 Å². The van der Waals surface area contributed by atoms with E-state index in [-0.39, 0.29) is 18.3 Å². The third-order valence-corrected chi connectivity index (χ3v) is 4.35. The van der Waals surface area contributed by atoms with E-state index in [2.05, 4.69) is 20.8 Å². The van der Waals surface area contributed by atoms with Gasteiger partial charge in [0.15, 0.2) is 5.82 Å². The van der Waals surface area contributed by atoms with Crippen LogP contribution >= 0.6 is 12.4 Å². The van der Waals surface area contributed by atoms with E-state index in [0.717, 1.165) is 36.6 Å². The maximum absolute atomic E-state index is 12.2. The average Bonchev–Trinajstić information content (AvgIpc) is 3.00. The van der Waals surface area contributed by atoms with E-state index in [9.17, 15) is 4.79 Å². The van der Waals surface area contributed by atoms with E-state index in [0.29, 0.717) is 12.3 Å². The molecule has 1 aliphatic rings. The number of carbonyl (C=O) groups is 1. The van der Waals surface area contributed by atoms with E-state index in [1.165, 1.54) is 12.8 Å². The number of hydrogen-bond donors (Lipinski definition) is 2. The molecule has 7 heteroatoms. The lowest BCUT2D eigenvalue weighted by Crippen LogP contribution is -2.28. The maximum Gasteiger partial charge on any atom is 0.224 e. The van der Waals surface area contributed by atoms with Crippen molar-refractivity contribution < 1.29 is 4.79 Å². The first-order valence-electron chi connectivity index (χ1n) is 8.17. The first-order valence-corrected chi connectivity index (χ1v) is 8.17. The first kappa shape index (κ1) is 18.4. The van der Waals surface area contributed by atoms with E-state index >= 15 is 0 Å². The van der Waals surface area contributed by atoms with Crippen molar-refractivity contribution in [1.82, 2.24) is 20.1 Å². The molecule has 1 aromatic carbocycles. The predicted molar refractivity (Wildman–Crippen MR) is 97.1 cm³/mol. The molecule has 0 radical (unpaired) electrons. The van der Waals surface area contributed by atoms with Crippen LogP contribution in [0.25, 0.3) is 11.4 Å². The summed E-state index contributed by atoms with van der Waals surface area (Å²) in [5.41, 5.74) is 1.75. The summed E-state index contributed by atoms with van der Waals surface area (Å²) in [5, 5.41) is 14.3. The molecule has 2 N–H and O–H groups in total. The molecule has 2 aromatic rings. The Morgan fingerprint density at radius 2 is 2.17 bits per heavy atom. The van der Waals surface area contributed by atoms with Crippen LogP contribution in [0.4, 0.5) is 5.69 Å². The van der Waals surface area contributed by atoms with Gasteiger partial charge in [0.2, 0.25) is 5.91 Å². The zero-order valence-corrected chi connectivity index (χ0v) is 14.7. The van der Waals surface area contributed by atoms with Crippen molar-refractivity contribution in [3.05, 3.63) is 30.6 Å². The van der Waals surface area contributed by atoms with Crippen LogP contribution in [0.15, 0.2) is 30.6 Å². The van der Waals surface area contributed by atoms with E-state index in [1.54, 1.807) is 6.33 Å². The Kier molecular flexibility index (Phi) is 6.75. The van der Waals surface area contributed by atoms with Gasteiger partial charge in [-0.2, -0.15) is 0 Å². The van der Waals surface area contributed by atoms with Crippen molar-refractivity contribution in [3.63, 3.8) is 0 Å². The fourth-order valence-electron chi connectivity index (χ4n) is 3.01. The molecular formula is C17H24ClN5O. The van der Waals surface area contributed by atoms with Gasteiger partial charge in [-0.3, -0.25) is 4.79 Å². The summed E-state index contributed by atoms with van der Waals surface area (Å²) in [5.74, 6) is 1.54. The van der Waals surface area contributed by atoms with Crippen LogP contribution in [0.2, 0.25) is 0 Å². The Bertz CT molecular complexity index is 667. The first-order chi connectivity index (χ1) is 11.2. The molecule has 1 amide bonds. The van der Waals surface area contributed by atoms with Crippen molar-refractivity contribution in [2.45, 2.75) is 25.7 Å². The van der Waals surface area contributed by atoms with Crippen molar-refractivity contribution in [2.24, 2.45) is 13.0 Å². The number of rotatable bonds is 5. The van der Waals surface area contributed by atoms with Crippen LogP contribution in [0.1, 0.15) is 25.7 Å². The molecule has 1 aliphatic heterocycles. The van der Waals surface area contributed by atoms with Gasteiger partial charge in [-0.05, 0) is 50.4 Å². The van der Waals surface area contributed by atoms with Gasteiger partial charge >= 0.3 is 0 Å². The zero-order chi connectivity index (χ0) is 16.1. The highest BCUT2D eigenvalue weighted by Gasteiger charge is 2.14. The molecule has 0 bridgehead atoms. The normalized spacial score (nSPS) is 14.9. The van der Waals surface area contributed by atoms with Gasteiger partial charge in [0.1, 0.15) is 6.33 Å². The van der Waals surface area contributed by atoms with Crippen molar-refractivity contribution in [2.75, 3.05) is 18.4 Å². The molecule has 1 fully saturated rings. The summed E-state index contributed by atoms with van der Waals surface area (Å²) >= 11 is 0. The summed E-state index contributed by atoms with van der Waals surface area (Å²) in [4.78, 5) is 12.2. The summed E-state index contributed by atoms with van der Waals surface area (Å²) in [6, 6.07) is 7.73. The van der Waals surface area contributed by atoms with Gasteiger partial charge in [-0.1, -0.05) is 12.1 Å². The van der Waals surface area contributed by atoms with Crippen molar-refractivity contribution >= 4 is 24.0 Å². The van der Waals surface area contributed by atoms with Crippen LogP contribution in [0.5, 0.6) is 0 Å². The predicted octanol–water partition coefficient (Wildman–Crippen LogP) is 2.62. The fourth-order valence-corrected chi connectivity index (χ4v) is 3.01. The molecule has 6 nitrogen and oxygen atoms in total. The molecular weight excluding hydrogens is 326 g/mol. The number of aryl methyl sites for hydroxylation is 1. The van der Waals surface area contributed by atoms with Crippen LogP contribution in [-0.4, -0.2) is 33.8 Å². The van der Waals surface area contributed by atoms with Gasteiger partial charge < -0.3 is 15.2 Å². The summed E-state index contributed by atoms with van der Waals surface area (Å²) in [6.45, 7) is 2.15. The number of aromatic nitrogens is 3. The number of anilines is 1. The number of benzene rings is 1. The highest BCUT2D eigenvalue weighted by Crippen LogP contribution is 2.21. The van der Waals surface area contributed by atoms with E-state index < -0.39 is 0 Å². The molecule has 1 aromatic heterocycles. The molecule has 2 heterocycles. The standard InChI is InChI=1S/C17H23N5O.ClH/c1-22-12-19-21-17(22)14-3-2-4-15(11-14)20-16(23)6-5-13-7-9-18-10-8-13;/h2-4,11-13,18H,5-10H2,1H3,(H,20,23);1H. The van der Waals surface area contributed by atoms with Crippen LogP contribution in [0.3, 0.4) is 0 Å². The van der Waals surface area contributed by atoms with Crippen molar-refractivity contribution in [1.29, 1.82) is 0 Å². The van der Waals surface area contributed by atoms with Gasteiger partial charge in [-0.15, -0.1) is 22.6 Å². The smallest absolute Gasteiger partial charge is 0.224 e. The van der Waals surface area contributed by atoms with Crippen molar-refractivity contribution in [3.8, 4) is 11.4 Å². The fraction of sp³-hybridized carbons (Fsp3) is 0.471. The minimum atomic E-state index is 0. The number of halogens is 1. The Balaban J connectivity index is 0.00000208. The molecule has 0 saturated carbocycles. The maximum atomic E-state index is 12.2. The number of nitrogens with zero attached hydrogens (tertiary/aromatic N) is 3. The Labute approximate surface area is 148 Å².